The van der Waals surface area contributed by atoms with Crippen molar-refractivity contribution in [2.75, 3.05) is 18.9 Å². The third-order valence-electron chi connectivity index (χ3n) is 3.63. The summed E-state index contributed by atoms with van der Waals surface area (Å²) in [5.41, 5.74) is 2.35. The first-order valence-corrected chi connectivity index (χ1v) is 8.73. The van der Waals surface area contributed by atoms with Crippen LogP contribution in [0.1, 0.15) is 16.1 Å². The lowest BCUT2D eigenvalue weighted by atomic mass is 10.2. The van der Waals surface area contributed by atoms with Gasteiger partial charge in [-0.3, -0.25) is 4.98 Å². The average Bonchev–Trinajstić information content (AvgIpc) is 2.99. The van der Waals surface area contributed by atoms with Crippen LogP contribution in [0.3, 0.4) is 0 Å². The number of anilines is 2. The van der Waals surface area contributed by atoms with E-state index in [2.05, 4.69) is 50.4 Å². The molecule has 0 aromatic carbocycles. The second kappa shape index (κ2) is 7.99. The summed E-state index contributed by atoms with van der Waals surface area (Å²) in [5.74, 6) is 0.837. The molecule has 1 N–H and O–H groups in total. The van der Waals surface area contributed by atoms with Crippen molar-refractivity contribution in [2.45, 2.75) is 19.9 Å². The molecule has 0 fully saturated rings. The van der Waals surface area contributed by atoms with Crippen LogP contribution in [0.4, 0.5) is 10.9 Å². The number of rotatable bonds is 7. The van der Waals surface area contributed by atoms with Crippen LogP contribution >= 0.6 is 11.3 Å². The van der Waals surface area contributed by atoms with E-state index >= 15 is 0 Å². The fraction of sp³-hybridized carbons (Fsp3) is 0.278. The summed E-state index contributed by atoms with van der Waals surface area (Å²) < 4.78 is 0. The van der Waals surface area contributed by atoms with E-state index in [1.807, 2.05) is 37.6 Å². The second-order valence-electron chi connectivity index (χ2n) is 5.76. The molecule has 124 valence electrons. The molecule has 6 heteroatoms. The minimum absolute atomic E-state index is 0.817. The third kappa shape index (κ3) is 4.84. The van der Waals surface area contributed by atoms with Gasteiger partial charge in [-0.1, -0.05) is 6.07 Å². The Bertz CT molecular complexity index is 772. The average molecular weight is 339 g/mol. The molecular formula is C18H21N5S. The van der Waals surface area contributed by atoms with Gasteiger partial charge >= 0.3 is 0 Å². The van der Waals surface area contributed by atoms with Crippen LogP contribution in [-0.4, -0.2) is 33.4 Å². The maximum atomic E-state index is 4.68. The zero-order valence-corrected chi connectivity index (χ0v) is 14.8. The summed E-state index contributed by atoms with van der Waals surface area (Å²) in [4.78, 5) is 16.5. The van der Waals surface area contributed by atoms with E-state index in [1.165, 1.54) is 10.4 Å². The number of aromatic nitrogens is 3. The lowest BCUT2D eigenvalue weighted by Gasteiger charge is -2.16. The zero-order valence-electron chi connectivity index (χ0n) is 13.9. The lowest BCUT2D eigenvalue weighted by Crippen LogP contribution is -2.21. The Hall–Kier alpha value is -2.31. The molecule has 0 aliphatic carbocycles. The summed E-state index contributed by atoms with van der Waals surface area (Å²) in [6.45, 7) is 3.84. The number of hydrogen-bond donors (Lipinski definition) is 1. The van der Waals surface area contributed by atoms with Crippen LogP contribution in [0.25, 0.3) is 0 Å². The van der Waals surface area contributed by atoms with Crippen LogP contribution in [0, 0.1) is 6.92 Å². The molecule has 0 aliphatic heterocycles. The first-order valence-electron chi connectivity index (χ1n) is 7.92. The van der Waals surface area contributed by atoms with Gasteiger partial charge in [0.05, 0.1) is 5.69 Å². The van der Waals surface area contributed by atoms with Crippen molar-refractivity contribution in [3.63, 3.8) is 0 Å². The monoisotopic (exact) mass is 339 g/mol. The molecular weight excluding hydrogens is 318 g/mol. The van der Waals surface area contributed by atoms with Crippen LogP contribution < -0.4 is 5.32 Å². The SMILES string of the molecule is Cc1cnc(Nc2cccc(CN(C)CCc3ccncc3)n2)s1. The van der Waals surface area contributed by atoms with Crippen LogP contribution in [0.15, 0.2) is 48.9 Å². The van der Waals surface area contributed by atoms with Gasteiger partial charge in [0.25, 0.3) is 0 Å². The Balaban J connectivity index is 1.55. The van der Waals surface area contributed by atoms with Crippen molar-refractivity contribution in [1.82, 2.24) is 19.9 Å². The van der Waals surface area contributed by atoms with Crippen molar-refractivity contribution in [3.05, 3.63) is 65.1 Å². The van der Waals surface area contributed by atoms with Gasteiger partial charge in [-0.05, 0) is 50.2 Å². The number of likely N-dealkylation sites (N-methyl/N-ethyl adjacent to an activating group) is 1. The van der Waals surface area contributed by atoms with Gasteiger partial charge < -0.3 is 10.2 Å². The summed E-state index contributed by atoms with van der Waals surface area (Å²) >= 11 is 1.63. The molecule has 0 amide bonds. The highest BCUT2D eigenvalue weighted by atomic mass is 32.1. The van der Waals surface area contributed by atoms with Gasteiger partial charge in [-0.25, -0.2) is 9.97 Å². The predicted molar refractivity (Wildman–Crippen MR) is 98.6 cm³/mol. The normalized spacial score (nSPS) is 11.0. The molecule has 5 nitrogen and oxygen atoms in total. The quantitative estimate of drug-likeness (QED) is 0.712. The number of thiazole rings is 1. The molecule has 3 aromatic heterocycles. The summed E-state index contributed by atoms with van der Waals surface area (Å²) in [6.07, 6.45) is 6.55. The smallest absolute Gasteiger partial charge is 0.188 e. The minimum Gasteiger partial charge on any atom is -0.316 e. The van der Waals surface area contributed by atoms with Gasteiger partial charge in [0, 0.05) is 36.6 Å². The van der Waals surface area contributed by atoms with E-state index < -0.39 is 0 Å². The molecule has 0 bridgehead atoms. The Morgan fingerprint density at radius 3 is 2.75 bits per heavy atom. The molecule has 0 unspecified atom stereocenters. The highest BCUT2D eigenvalue weighted by Crippen LogP contribution is 2.20. The molecule has 0 aliphatic rings. The highest BCUT2D eigenvalue weighted by molar-refractivity contribution is 7.15. The van der Waals surface area contributed by atoms with E-state index in [1.54, 1.807) is 11.3 Å². The maximum absolute atomic E-state index is 4.68. The van der Waals surface area contributed by atoms with Gasteiger partial charge in [0.2, 0.25) is 0 Å². The Labute approximate surface area is 146 Å². The Morgan fingerprint density at radius 1 is 1.17 bits per heavy atom. The minimum atomic E-state index is 0.817. The molecule has 0 saturated carbocycles. The molecule has 24 heavy (non-hydrogen) atoms. The highest BCUT2D eigenvalue weighted by Gasteiger charge is 2.05. The number of nitrogens with zero attached hydrogens (tertiary/aromatic N) is 4. The standard InChI is InChI=1S/C18H21N5S/c1-14-12-20-18(24-14)22-17-5-3-4-16(21-17)13-23(2)11-8-15-6-9-19-10-7-15/h3-7,9-10,12H,8,11,13H2,1-2H3,(H,20,21,22). The largest absolute Gasteiger partial charge is 0.316 e. The van der Waals surface area contributed by atoms with E-state index in [-0.39, 0.29) is 0 Å². The molecule has 3 aromatic rings. The molecule has 0 saturated heterocycles. The number of pyridine rings is 2. The van der Waals surface area contributed by atoms with Gasteiger partial charge in [-0.15, -0.1) is 11.3 Å². The first kappa shape index (κ1) is 16.5. The van der Waals surface area contributed by atoms with Crippen LogP contribution in [-0.2, 0) is 13.0 Å². The van der Waals surface area contributed by atoms with Gasteiger partial charge in [0.15, 0.2) is 5.13 Å². The van der Waals surface area contributed by atoms with Crippen LogP contribution in [0.2, 0.25) is 0 Å². The molecule has 0 atom stereocenters. The van der Waals surface area contributed by atoms with Crippen molar-refractivity contribution >= 4 is 22.3 Å². The summed E-state index contributed by atoms with van der Waals surface area (Å²) in [7, 11) is 2.12. The van der Waals surface area contributed by atoms with Crippen molar-refractivity contribution in [1.29, 1.82) is 0 Å². The predicted octanol–water partition coefficient (Wildman–Crippen LogP) is 3.66. The Kier molecular flexibility index (Phi) is 5.51. The number of nitrogens with one attached hydrogen (secondary N) is 1. The molecule has 0 spiro atoms. The number of aryl methyl sites for hydroxylation is 1. The van der Waals surface area contributed by atoms with E-state index in [9.17, 15) is 0 Å². The molecule has 0 radical (unpaired) electrons. The van der Waals surface area contributed by atoms with Crippen LogP contribution in [0.5, 0.6) is 0 Å². The maximum Gasteiger partial charge on any atom is 0.188 e. The van der Waals surface area contributed by atoms with Gasteiger partial charge in [0.1, 0.15) is 5.82 Å². The summed E-state index contributed by atoms with van der Waals surface area (Å²) in [6, 6.07) is 10.2. The van der Waals surface area contributed by atoms with Crippen molar-refractivity contribution < 1.29 is 0 Å². The first-order chi connectivity index (χ1) is 11.7. The molecule has 3 heterocycles. The van der Waals surface area contributed by atoms with Crippen molar-refractivity contribution in [2.24, 2.45) is 0 Å². The van der Waals surface area contributed by atoms with Crippen molar-refractivity contribution in [3.8, 4) is 0 Å². The number of hydrogen-bond acceptors (Lipinski definition) is 6. The fourth-order valence-electron chi connectivity index (χ4n) is 2.38. The zero-order chi connectivity index (χ0) is 16.8. The molecule has 3 rings (SSSR count). The van der Waals surface area contributed by atoms with E-state index in [0.29, 0.717) is 0 Å². The summed E-state index contributed by atoms with van der Waals surface area (Å²) in [5, 5.41) is 4.15. The second-order valence-corrected chi connectivity index (χ2v) is 6.99. The van der Waals surface area contributed by atoms with E-state index in [0.717, 1.165) is 36.2 Å². The third-order valence-corrected chi connectivity index (χ3v) is 4.45. The Morgan fingerprint density at radius 2 is 2.00 bits per heavy atom. The topological polar surface area (TPSA) is 53.9 Å². The van der Waals surface area contributed by atoms with Gasteiger partial charge in [-0.2, -0.15) is 0 Å². The fourth-order valence-corrected chi connectivity index (χ4v) is 3.06. The van der Waals surface area contributed by atoms with E-state index in [4.69, 9.17) is 0 Å². The lowest BCUT2D eigenvalue weighted by molar-refractivity contribution is 0.327.